The van der Waals surface area contributed by atoms with E-state index in [0.717, 1.165) is 25.0 Å². The minimum atomic E-state index is -0.984. The smallest absolute Gasteiger partial charge is 0.326 e. The first kappa shape index (κ1) is 17.2. The molecule has 0 bridgehead atoms. The van der Waals surface area contributed by atoms with Crippen LogP contribution >= 0.6 is 0 Å². The molecule has 0 unspecified atom stereocenters. The Morgan fingerprint density at radius 1 is 1.30 bits per heavy atom. The molecule has 7 heteroatoms. The fraction of sp³-hybridized carbons (Fsp3) is 0.500. The molecular weight excluding hydrogens is 308 g/mol. The summed E-state index contributed by atoms with van der Waals surface area (Å²) >= 11 is 0. The number of benzene rings is 1. The van der Waals surface area contributed by atoms with Crippen LogP contribution < -0.4 is 4.74 Å². The molecule has 1 atom stereocenters. The van der Waals surface area contributed by atoms with Crippen LogP contribution in [0.15, 0.2) is 18.2 Å². The number of hydrogen-bond donors (Lipinski definition) is 1. The molecule has 0 aliphatic carbocycles. The number of amides is 1. The van der Waals surface area contributed by atoms with Gasteiger partial charge in [0.25, 0.3) is 0 Å². The summed E-state index contributed by atoms with van der Waals surface area (Å²) in [6.45, 7) is 0.545. The molecule has 1 fully saturated rings. The maximum Gasteiger partial charge on any atom is 0.326 e. The first-order valence-electron chi connectivity index (χ1n) is 7.59. The Morgan fingerprint density at radius 2 is 2.09 bits per heavy atom. The molecule has 1 aromatic rings. The molecule has 1 aromatic carbocycles. The highest BCUT2D eigenvalue weighted by Crippen LogP contribution is 2.20. The summed E-state index contributed by atoms with van der Waals surface area (Å²) in [6.07, 6.45) is 2.53. The summed E-state index contributed by atoms with van der Waals surface area (Å²) in [5, 5.41) is 9.14. The number of rotatable bonds is 6. The molecule has 1 aliphatic heterocycles. The first-order valence-corrected chi connectivity index (χ1v) is 7.59. The second-order valence-electron chi connectivity index (χ2n) is 5.46. The molecule has 126 valence electrons. The number of ether oxygens (including phenoxy) is 1. The molecule has 0 radical (unpaired) electrons. The fourth-order valence-corrected chi connectivity index (χ4v) is 2.63. The minimum Gasteiger partial charge on any atom is -0.491 e. The second-order valence-corrected chi connectivity index (χ2v) is 5.46. The lowest BCUT2D eigenvalue weighted by Crippen LogP contribution is -2.47. The van der Waals surface area contributed by atoms with Crippen LogP contribution in [0.2, 0.25) is 0 Å². The molecule has 0 spiro atoms. The number of hydrogen-bond acceptors (Lipinski definition) is 3. The van der Waals surface area contributed by atoms with E-state index in [2.05, 4.69) is 0 Å². The van der Waals surface area contributed by atoms with Gasteiger partial charge in [0.1, 0.15) is 11.9 Å². The van der Waals surface area contributed by atoms with Crippen molar-refractivity contribution in [1.82, 2.24) is 4.90 Å². The van der Waals surface area contributed by atoms with Crippen molar-refractivity contribution in [3.8, 4) is 5.75 Å². The van der Waals surface area contributed by atoms with Crippen LogP contribution in [-0.2, 0) is 9.59 Å². The number of halogens is 2. The zero-order valence-corrected chi connectivity index (χ0v) is 12.6. The van der Waals surface area contributed by atoms with Crippen LogP contribution in [0.4, 0.5) is 8.78 Å². The molecule has 1 aliphatic rings. The second kappa shape index (κ2) is 7.89. The van der Waals surface area contributed by atoms with Gasteiger partial charge in [-0.1, -0.05) is 0 Å². The van der Waals surface area contributed by atoms with Gasteiger partial charge in [-0.3, -0.25) is 4.79 Å². The summed E-state index contributed by atoms with van der Waals surface area (Å²) in [6, 6.07) is 2.25. The number of aliphatic carboxylic acids is 1. The van der Waals surface area contributed by atoms with Gasteiger partial charge in [0.2, 0.25) is 5.91 Å². The van der Waals surface area contributed by atoms with Crippen molar-refractivity contribution in [1.29, 1.82) is 0 Å². The molecule has 1 amide bonds. The maximum atomic E-state index is 13.4. The lowest BCUT2D eigenvalue weighted by molar-refractivity contribution is -0.152. The van der Waals surface area contributed by atoms with E-state index < -0.39 is 23.6 Å². The van der Waals surface area contributed by atoms with Gasteiger partial charge in [-0.05, 0) is 37.8 Å². The summed E-state index contributed by atoms with van der Waals surface area (Å²) in [5.41, 5.74) is 0. The Hall–Kier alpha value is -2.18. The molecule has 5 nitrogen and oxygen atoms in total. The minimum absolute atomic E-state index is 0.0692. The molecular formula is C16H19F2NO4. The van der Waals surface area contributed by atoms with Gasteiger partial charge in [0, 0.05) is 19.0 Å². The van der Waals surface area contributed by atoms with Crippen molar-refractivity contribution in [2.24, 2.45) is 0 Å². The van der Waals surface area contributed by atoms with Crippen LogP contribution in [0.25, 0.3) is 0 Å². The number of nitrogens with zero attached hydrogens (tertiary/aromatic N) is 1. The number of carbonyl (C=O) groups excluding carboxylic acids is 1. The van der Waals surface area contributed by atoms with Gasteiger partial charge < -0.3 is 14.7 Å². The van der Waals surface area contributed by atoms with Gasteiger partial charge in [-0.2, -0.15) is 0 Å². The third kappa shape index (κ3) is 4.64. The van der Waals surface area contributed by atoms with E-state index in [1.807, 2.05) is 0 Å². The average Bonchev–Trinajstić information content (AvgIpc) is 2.53. The summed E-state index contributed by atoms with van der Waals surface area (Å²) in [7, 11) is 0. The van der Waals surface area contributed by atoms with Crippen molar-refractivity contribution in [2.75, 3.05) is 13.2 Å². The zero-order chi connectivity index (χ0) is 16.8. The molecule has 2 rings (SSSR count). The van der Waals surface area contributed by atoms with Crippen molar-refractivity contribution in [3.05, 3.63) is 29.8 Å². The van der Waals surface area contributed by atoms with Gasteiger partial charge in [0.05, 0.1) is 6.61 Å². The van der Waals surface area contributed by atoms with Gasteiger partial charge in [0.15, 0.2) is 11.6 Å². The SMILES string of the molecule is O=C(O)[C@H]1CCCCN1C(=O)CCCOc1ccc(F)cc1F. The van der Waals surface area contributed by atoms with Gasteiger partial charge in [-0.25, -0.2) is 13.6 Å². The lowest BCUT2D eigenvalue weighted by Gasteiger charge is -2.33. The van der Waals surface area contributed by atoms with Gasteiger partial charge in [-0.15, -0.1) is 0 Å². The summed E-state index contributed by atoms with van der Waals surface area (Å²) in [5.74, 6) is -2.77. The Labute approximate surface area is 132 Å². The third-order valence-electron chi connectivity index (χ3n) is 3.79. The lowest BCUT2D eigenvalue weighted by atomic mass is 10.0. The highest BCUT2D eigenvalue weighted by molar-refractivity contribution is 5.83. The van der Waals surface area contributed by atoms with E-state index in [-0.39, 0.29) is 24.7 Å². The molecule has 1 saturated heterocycles. The van der Waals surface area contributed by atoms with Crippen molar-refractivity contribution < 1.29 is 28.2 Å². The Bertz CT molecular complexity index is 579. The molecule has 1 N–H and O–H groups in total. The number of likely N-dealkylation sites (tertiary alicyclic amines) is 1. The number of carboxylic acid groups (broad SMARTS) is 1. The first-order chi connectivity index (χ1) is 11.0. The molecule has 0 aromatic heterocycles. The molecule has 1 heterocycles. The van der Waals surface area contributed by atoms with E-state index >= 15 is 0 Å². The number of carbonyl (C=O) groups is 2. The largest absolute Gasteiger partial charge is 0.491 e. The van der Waals surface area contributed by atoms with Crippen LogP contribution in [0.3, 0.4) is 0 Å². The van der Waals surface area contributed by atoms with E-state index in [0.29, 0.717) is 19.4 Å². The highest BCUT2D eigenvalue weighted by Gasteiger charge is 2.31. The predicted octanol–water partition coefficient (Wildman–Crippen LogP) is 2.59. The Balaban J connectivity index is 1.79. The monoisotopic (exact) mass is 327 g/mol. The van der Waals surface area contributed by atoms with E-state index in [1.54, 1.807) is 0 Å². The van der Waals surface area contributed by atoms with Crippen molar-refractivity contribution in [2.45, 2.75) is 38.1 Å². The fourth-order valence-electron chi connectivity index (χ4n) is 2.63. The van der Waals surface area contributed by atoms with Crippen molar-refractivity contribution in [3.63, 3.8) is 0 Å². The Kier molecular flexibility index (Phi) is 5.90. The third-order valence-corrected chi connectivity index (χ3v) is 3.79. The van der Waals surface area contributed by atoms with E-state index in [4.69, 9.17) is 9.84 Å². The Morgan fingerprint density at radius 3 is 2.78 bits per heavy atom. The standard InChI is InChI=1S/C16H19F2NO4/c17-11-6-7-14(12(18)10-11)23-9-3-5-15(20)19-8-2-1-4-13(19)16(21)22/h6-7,10,13H,1-5,8-9H2,(H,21,22)/t13-/m1/s1. The summed E-state index contributed by atoms with van der Waals surface area (Å²) < 4.78 is 31.3. The summed E-state index contributed by atoms with van der Waals surface area (Å²) in [4.78, 5) is 24.7. The number of piperidine rings is 1. The zero-order valence-electron chi connectivity index (χ0n) is 12.6. The predicted molar refractivity (Wildman–Crippen MR) is 78.1 cm³/mol. The van der Waals surface area contributed by atoms with E-state index in [9.17, 15) is 18.4 Å². The van der Waals surface area contributed by atoms with E-state index in [1.165, 1.54) is 11.0 Å². The highest BCUT2D eigenvalue weighted by atomic mass is 19.1. The molecule has 23 heavy (non-hydrogen) atoms. The van der Waals surface area contributed by atoms with Crippen LogP contribution in [0.1, 0.15) is 32.1 Å². The quantitative estimate of drug-likeness (QED) is 0.816. The maximum absolute atomic E-state index is 13.4. The van der Waals surface area contributed by atoms with Crippen LogP contribution in [0, 0.1) is 11.6 Å². The topological polar surface area (TPSA) is 66.8 Å². The van der Waals surface area contributed by atoms with Crippen molar-refractivity contribution >= 4 is 11.9 Å². The molecule has 0 saturated carbocycles. The van der Waals surface area contributed by atoms with Crippen LogP contribution in [-0.4, -0.2) is 41.1 Å². The average molecular weight is 327 g/mol. The normalized spacial score (nSPS) is 17.8. The van der Waals surface area contributed by atoms with Crippen LogP contribution in [0.5, 0.6) is 5.75 Å². The van der Waals surface area contributed by atoms with Gasteiger partial charge >= 0.3 is 5.97 Å². The number of carboxylic acids is 1.